The van der Waals surface area contributed by atoms with Crippen molar-refractivity contribution in [2.24, 2.45) is 0 Å². The summed E-state index contributed by atoms with van der Waals surface area (Å²) in [6, 6.07) is 12.8. The summed E-state index contributed by atoms with van der Waals surface area (Å²) in [5, 5.41) is 9.36. The second-order valence-electron chi connectivity index (χ2n) is 5.43. The maximum absolute atomic E-state index is 12.6. The van der Waals surface area contributed by atoms with Gasteiger partial charge in [-0.2, -0.15) is 5.26 Å². The lowest BCUT2D eigenvalue weighted by atomic mass is 9.99. The number of carbonyl (C=O) groups is 1. The van der Waals surface area contributed by atoms with Gasteiger partial charge in [0.2, 0.25) is 12.6 Å². The second kappa shape index (κ2) is 5.98. The minimum absolute atomic E-state index is 0.0934. The summed E-state index contributed by atoms with van der Waals surface area (Å²) in [7, 11) is 0. The molecule has 0 fully saturated rings. The van der Waals surface area contributed by atoms with Crippen LogP contribution in [0, 0.1) is 25.2 Å². The fourth-order valence-corrected chi connectivity index (χ4v) is 2.48. The monoisotopic (exact) mass is 305 g/mol. The largest absolute Gasteiger partial charge is 0.454 e. The third kappa shape index (κ3) is 2.95. The van der Waals surface area contributed by atoms with Gasteiger partial charge in [-0.25, -0.2) is 0 Å². The molecule has 0 N–H and O–H groups in total. The van der Waals surface area contributed by atoms with Gasteiger partial charge in [-0.1, -0.05) is 23.8 Å². The van der Waals surface area contributed by atoms with Crippen molar-refractivity contribution in [3.8, 4) is 17.6 Å². The van der Waals surface area contributed by atoms with Crippen LogP contribution in [0.1, 0.15) is 27.0 Å². The van der Waals surface area contributed by atoms with Crippen LogP contribution in [0.2, 0.25) is 0 Å². The number of carbonyl (C=O) groups excluding carboxylic acids is 1. The minimum Gasteiger partial charge on any atom is -0.454 e. The van der Waals surface area contributed by atoms with Crippen LogP contribution in [0.25, 0.3) is 6.08 Å². The Bertz CT molecular complexity index is 859. The Hall–Kier alpha value is -3.06. The zero-order valence-electron chi connectivity index (χ0n) is 12.9. The van der Waals surface area contributed by atoms with Crippen molar-refractivity contribution >= 4 is 11.9 Å². The van der Waals surface area contributed by atoms with Crippen molar-refractivity contribution in [2.45, 2.75) is 13.8 Å². The van der Waals surface area contributed by atoms with Gasteiger partial charge in [0.05, 0.1) is 0 Å². The summed E-state index contributed by atoms with van der Waals surface area (Å²) < 4.78 is 10.5. The number of rotatable bonds is 3. The topological polar surface area (TPSA) is 59.3 Å². The summed E-state index contributed by atoms with van der Waals surface area (Å²) >= 11 is 0. The van der Waals surface area contributed by atoms with Gasteiger partial charge in [0.15, 0.2) is 11.5 Å². The molecule has 2 aromatic rings. The number of aryl methyl sites for hydroxylation is 2. The molecule has 4 nitrogen and oxygen atoms in total. The number of fused-ring (bicyclic) bond motifs is 1. The van der Waals surface area contributed by atoms with Crippen molar-refractivity contribution in [1.82, 2.24) is 0 Å². The Balaban J connectivity index is 1.96. The highest BCUT2D eigenvalue weighted by atomic mass is 16.7. The number of hydrogen-bond acceptors (Lipinski definition) is 4. The molecule has 1 aliphatic heterocycles. The highest BCUT2D eigenvalue weighted by Crippen LogP contribution is 2.33. The molecule has 114 valence electrons. The predicted octanol–water partition coefficient (Wildman–Crippen LogP) is 3.82. The zero-order valence-corrected chi connectivity index (χ0v) is 12.9. The molecular formula is C19H15NO3. The van der Waals surface area contributed by atoms with Crippen LogP contribution in [0.3, 0.4) is 0 Å². The van der Waals surface area contributed by atoms with E-state index in [4.69, 9.17) is 9.47 Å². The number of ether oxygens (including phenoxy) is 2. The Kier molecular flexibility index (Phi) is 3.86. The molecule has 1 heterocycles. The summed E-state index contributed by atoms with van der Waals surface area (Å²) in [6.45, 7) is 4.11. The molecule has 2 aromatic carbocycles. The van der Waals surface area contributed by atoms with Gasteiger partial charge in [0.25, 0.3) is 0 Å². The third-order valence-electron chi connectivity index (χ3n) is 3.72. The first kappa shape index (κ1) is 14.9. The van der Waals surface area contributed by atoms with Crippen LogP contribution in [-0.4, -0.2) is 12.6 Å². The fourth-order valence-electron chi connectivity index (χ4n) is 2.48. The number of allylic oxidation sites excluding steroid dienone is 1. The van der Waals surface area contributed by atoms with Crippen LogP contribution in [-0.2, 0) is 0 Å². The third-order valence-corrected chi connectivity index (χ3v) is 3.72. The summed E-state index contributed by atoms with van der Waals surface area (Å²) in [4.78, 5) is 12.6. The van der Waals surface area contributed by atoms with E-state index in [0.717, 1.165) is 16.7 Å². The Labute approximate surface area is 134 Å². The minimum atomic E-state index is -0.328. The molecule has 0 bridgehead atoms. The Morgan fingerprint density at radius 3 is 2.65 bits per heavy atom. The van der Waals surface area contributed by atoms with Crippen LogP contribution in [0.5, 0.6) is 11.5 Å². The highest BCUT2D eigenvalue weighted by molar-refractivity contribution is 6.14. The lowest BCUT2D eigenvalue weighted by Crippen LogP contribution is -2.02. The number of hydrogen-bond donors (Lipinski definition) is 0. The molecule has 3 rings (SSSR count). The molecular weight excluding hydrogens is 290 g/mol. The standard InChI is InChI=1S/C19H15NO3/c1-12-3-4-14(13(2)7-12)8-16(10-20)19(21)15-5-6-17-18(9-15)23-11-22-17/h3-9H,11H2,1-2H3/b16-8-. The molecule has 4 heteroatoms. The van der Waals surface area contributed by atoms with E-state index in [0.29, 0.717) is 17.1 Å². The second-order valence-corrected chi connectivity index (χ2v) is 5.43. The summed E-state index contributed by atoms with van der Waals surface area (Å²) in [5.41, 5.74) is 3.53. The average molecular weight is 305 g/mol. The number of benzene rings is 2. The molecule has 0 aromatic heterocycles. The molecule has 0 atom stereocenters. The molecule has 0 radical (unpaired) electrons. The van der Waals surface area contributed by atoms with Gasteiger partial charge in [0, 0.05) is 5.56 Å². The van der Waals surface area contributed by atoms with Gasteiger partial charge in [-0.05, 0) is 49.2 Å². The molecule has 0 aliphatic carbocycles. The van der Waals surface area contributed by atoms with Crippen LogP contribution in [0.15, 0.2) is 42.0 Å². The maximum Gasteiger partial charge on any atom is 0.231 e. The van der Waals surface area contributed by atoms with Gasteiger partial charge in [0.1, 0.15) is 11.6 Å². The first-order chi connectivity index (χ1) is 11.1. The van der Waals surface area contributed by atoms with Crippen LogP contribution >= 0.6 is 0 Å². The van der Waals surface area contributed by atoms with Crippen molar-refractivity contribution in [1.29, 1.82) is 5.26 Å². The van der Waals surface area contributed by atoms with E-state index < -0.39 is 0 Å². The van der Waals surface area contributed by atoms with Crippen LogP contribution in [0.4, 0.5) is 0 Å². The van der Waals surface area contributed by atoms with Crippen molar-refractivity contribution < 1.29 is 14.3 Å². The Morgan fingerprint density at radius 1 is 1.13 bits per heavy atom. The molecule has 0 spiro atoms. The quantitative estimate of drug-likeness (QED) is 0.491. The van der Waals surface area contributed by atoms with E-state index in [1.54, 1.807) is 24.3 Å². The van der Waals surface area contributed by atoms with Gasteiger partial charge in [-0.15, -0.1) is 0 Å². The number of nitrogens with zero attached hydrogens (tertiary/aromatic N) is 1. The lowest BCUT2D eigenvalue weighted by Gasteiger charge is -2.04. The summed E-state index contributed by atoms with van der Waals surface area (Å²) in [6.07, 6.45) is 1.63. The van der Waals surface area contributed by atoms with Crippen molar-refractivity contribution in [3.05, 3.63) is 64.2 Å². The number of Topliss-reactive ketones (excluding diaryl/α,β-unsaturated/α-hetero) is 1. The van der Waals surface area contributed by atoms with E-state index in [-0.39, 0.29) is 18.1 Å². The van der Waals surface area contributed by atoms with E-state index in [1.807, 2.05) is 38.1 Å². The normalized spacial score (nSPS) is 12.8. The van der Waals surface area contributed by atoms with E-state index in [2.05, 4.69) is 0 Å². The lowest BCUT2D eigenvalue weighted by molar-refractivity contribution is 0.103. The molecule has 0 saturated carbocycles. The van der Waals surface area contributed by atoms with E-state index in [9.17, 15) is 10.1 Å². The highest BCUT2D eigenvalue weighted by Gasteiger charge is 2.18. The van der Waals surface area contributed by atoms with Crippen molar-refractivity contribution in [3.63, 3.8) is 0 Å². The van der Waals surface area contributed by atoms with Gasteiger partial charge < -0.3 is 9.47 Å². The Morgan fingerprint density at radius 2 is 1.91 bits per heavy atom. The van der Waals surface area contributed by atoms with Gasteiger partial charge >= 0.3 is 0 Å². The first-order valence-corrected chi connectivity index (χ1v) is 7.22. The molecule has 23 heavy (non-hydrogen) atoms. The zero-order chi connectivity index (χ0) is 16.4. The number of nitriles is 1. The van der Waals surface area contributed by atoms with Crippen molar-refractivity contribution in [2.75, 3.05) is 6.79 Å². The average Bonchev–Trinajstić information content (AvgIpc) is 3.01. The van der Waals surface area contributed by atoms with Crippen LogP contribution < -0.4 is 9.47 Å². The van der Waals surface area contributed by atoms with Gasteiger partial charge in [-0.3, -0.25) is 4.79 Å². The first-order valence-electron chi connectivity index (χ1n) is 7.22. The van der Waals surface area contributed by atoms with E-state index in [1.165, 1.54) is 0 Å². The smallest absolute Gasteiger partial charge is 0.231 e. The SMILES string of the molecule is Cc1ccc(/C=C(/C#N)C(=O)c2ccc3c(c2)OCO3)c(C)c1. The maximum atomic E-state index is 12.6. The summed E-state index contributed by atoms with van der Waals surface area (Å²) in [5.74, 6) is 0.809. The predicted molar refractivity (Wildman–Crippen MR) is 86.4 cm³/mol. The van der Waals surface area contributed by atoms with E-state index >= 15 is 0 Å². The number of ketones is 1. The molecule has 1 aliphatic rings. The molecule has 0 saturated heterocycles. The molecule has 0 unspecified atom stereocenters. The molecule has 0 amide bonds. The fraction of sp³-hybridized carbons (Fsp3) is 0.158.